The molecule has 3 rings (SSSR count). The molecule has 3 nitrogen and oxygen atoms in total. The van der Waals surface area contributed by atoms with Crippen LogP contribution in [0.15, 0.2) is 36.4 Å². The smallest absolute Gasteiger partial charge is 0.123 e. The van der Waals surface area contributed by atoms with E-state index in [1.807, 2.05) is 12.1 Å². The van der Waals surface area contributed by atoms with Gasteiger partial charge in [-0.15, -0.1) is 0 Å². The van der Waals surface area contributed by atoms with E-state index in [4.69, 9.17) is 4.98 Å². The standard InChI is InChI=1S/C16H18N2O/c19-12-13-7-9-18(10-8-13)11-15-6-5-14-3-1-2-4-16(14)17-15/h1-6,12-13H,7-11H2. The van der Waals surface area contributed by atoms with Crippen LogP contribution in [0.5, 0.6) is 0 Å². The summed E-state index contributed by atoms with van der Waals surface area (Å²) in [7, 11) is 0. The Morgan fingerprint density at radius 2 is 1.95 bits per heavy atom. The van der Waals surface area contributed by atoms with E-state index in [0.717, 1.165) is 50.0 Å². The summed E-state index contributed by atoms with van der Waals surface area (Å²) in [5.41, 5.74) is 2.17. The third-order valence-electron chi connectivity index (χ3n) is 3.87. The normalized spacial score (nSPS) is 17.7. The molecule has 0 unspecified atom stereocenters. The van der Waals surface area contributed by atoms with Crippen molar-refractivity contribution < 1.29 is 4.79 Å². The van der Waals surface area contributed by atoms with Crippen molar-refractivity contribution in [3.8, 4) is 0 Å². The molecule has 0 atom stereocenters. The number of piperidine rings is 1. The van der Waals surface area contributed by atoms with Gasteiger partial charge in [0.25, 0.3) is 0 Å². The monoisotopic (exact) mass is 254 g/mol. The van der Waals surface area contributed by atoms with Crippen molar-refractivity contribution in [1.29, 1.82) is 0 Å². The minimum Gasteiger partial charge on any atom is -0.303 e. The van der Waals surface area contributed by atoms with E-state index in [1.54, 1.807) is 0 Å². The Balaban J connectivity index is 1.70. The van der Waals surface area contributed by atoms with Crippen molar-refractivity contribution in [2.24, 2.45) is 5.92 Å². The second-order valence-electron chi connectivity index (χ2n) is 5.24. The highest BCUT2D eigenvalue weighted by Crippen LogP contribution is 2.18. The molecule has 1 aromatic carbocycles. The van der Waals surface area contributed by atoms with Crippen LogP contribution < -0.4 is 0 Å². The lowest BCUT2D eigenvalue weighted by molar-refractivity contribution is -0.112. The van der Waals surface area contributed by atoms with Crippen molar-refractivity contribution in [2.45, 2.75) is 19.4 Å². The van der Waals surface area contributed by atoms with Crippen LogP contribution in [-0.4, -0.2) is 29.3 Å². The first kappa shape index (κ1) is 12.3. The highest BCUT2D eigenvalue weighted by atomic mass is 16.1. The number of aldehydes is 1. The van der Waals surface area contributed by atoms with Gasteiger partial charge in [0, 0.05) is 17.8 Å². The van der Waals surface area contributed by atoms with Crippen molar-refractivity contribution in [2.75, 3.05) is 13.1 Å². The van der Waals surface area contributed by atoms with Crippen LogP contribution >= 0.6 is 0 Å². The number of aromatic nitrogens is 1. The lowest BCUT2D eigenvalue weighted by Gasteiger charge is -2.29. The number of fused-ring (bicyclic) bond motifs is 1. The first-order valence-corrected chi connectivity index (χ1v) is 6.87. The number of para-hydroxylation sites is 1. The summed E-state index contributed by atoms with van der Waals surface area (Å²) >= 11 is 0. The minimum atomic E-state index is 0.265. The Morgan fingerprint density at radius 3 is 2.74 bits per heavy atom. The third kappa shape index (κ3) is 2.82. The molecule has 1 fully saturated rings. The van der Waals surface area contributed by atoms with E-state index < -0.39 is 0 Å². The summed E-state index contributed by atoms with van der Waals surface area (Å²) in [6.45, 7) is 2.88. The van der Waals surface area contributed by atoms with Gasteiger partial charge in [0.2, 0.25) is 0 Å². The maximum Gasteiger partial charge on any atom is 0.123 e. The SMILES string of the molecule is O=CC1CCN(Cc2ccc3ccccc3n2)CC1. The zero-order chi connectivity index (χ0) is 13.1. The van der Waals surface area contributed by atoms with E-state index in [-0.39, 0.29) is 5.92 Å². The number of nitrogens with zero attached hydrogens (tertiary/aromatic N) is 2. The minimum absolute atomic E-state index is 0.265. The van der Waals surface area contributed by atoms with Gasteiger partial charge in [-0.3, -0.25) is 9.88 Å². The number of carbonyl (C=O) groups is 1. The maximum atomic E-state index is 10.7. The van der Waals surface area contributed by atoms with Crippen molar-refractivity contribution >= 4 is 17.2 Å². The molecular weight excluding hydrogens is 236 g/mol. The molecule has 0 bridgehead atoms. The highest BCUT2D eigenvalue weighted by molar-refractivity contribution is 5.78. The second kappa shape index (κ2) is 5.49. The number of likely N-dealkylation sites (tertiary alicyclic amines) is 1. The van der Waals surface area contributed by atoms with Crippen LogP contribution in [0, 0.1) is 5.92 Å². The van der Waals surface area contributed by atoms with Crippen LogP contribution in [0.25, 0.3) is 10.9 Å². The first-order valence-electron chi connectivity index (χ1n) is 6.87. The quantitative estimate of drug-likeness (QED) is 0.789. The predicted molar refractivity (Wildman–Crippen MR) is 75.8 cm³/mol. The van der Waals surface area contributed by atoms with Gasteiger partial charge < -0.3 is 4.79 Å². The van der Waals surface area contributed by atoms with Crippen molar-refractivity contribution in [3.63, 3.8) is 0 Å². The van der Waals surface area contributed by atoms with E-state index >= 15 is 0 Å². The molecule has 0 saturated carbocycles. The molecule has 1 aromatic heterocycles. The van der Waals surface area contributed by atoms with Crippen molar-refractivity contribution in [1.82, 2.24) is 9.88 Å². The Bertz CT molecular complexity index is 574. The molecule has 2 heterocycles. The van der Waals surface area contributed by atoms with Crippen LogP contribution in [0.2, 0.25) is 0 Å². The highest BCUT2D eigenvalue weighted by Gasteiger charge is 2.18. The average molecular weight is 254 g/mol. The van der Waals surface area contributed by atoms with E-state index in [1.165, 1.54) is 5.39 Å². The van der Waals surface area contributed by atoms with Gasteiger partial charge in [-0.25, -0.2) is 0 Å². The fraction of sp³-hybridized carbons (Fsp3) is 0.375. The summed E-state index contributed by atoms with van der Waals surface area (Å²) in [6, 6.07) is 12.4. The number of carbonyl (C=O) groups excluding carboxylic acids is 1. The first-order chi connectivity index (χ1) is 9.35. The maximum absolute atomic E-state index is 10.7. The summed E-state index contributed by atoms with van der Waals surface area (Å²) in [5.74, 6) is 0.265. The number of pyridine rings is 1. The number of rotatable bonds is 3. The summed E-state index contributed by atoms with van der Waals surface area (Å²) < 4.78 is 0. The Labute approximate surface area is 113 Å². The topological polar surface area (TPSA) is 33.2 Å². The van der Waals surface area contributed by atoms with Crippen LogP contribution in [0.3, 0.4) is 0 Å². The lowest BCUT2D eigenvalue weighted by Crippen LogP contribution is -2.33. The van der Waals surface area contributed by atoms with Crippen LogP contribution in [0.4, 0.5) is 0 Å². The molecule has 3 heteroatoms. The van der Waals surface area contributed by atoms with Gasteiger partial charge in [0.1, 0.15) is 6.29 Å². The molecule has 1 aliphatic rings. The summed E-state index contributed by atoms with van der Waals surface area (Å²) in [6.07, 6.45) is 3.07. The zero-order valence-electron chi connectivity index (χ0n) is 11.0. The molecule has 19 heavy (non-hydrogen) atoms. The van der Waals surface area contributed by atoms with Gasteiger partial charge in [-0.05, 0) is 38.1 Å². The van der Waals surface area contributed by atoms with Crippen LogP contribution in [0.1, 0.15) is 18.5 Å². The second-order valence-corrected chi connectivity index (χ2v) is 5.24. The average Bonchev–Trinajstić information content (AvgIpc) is 2.48. The molecule has 98 valence electrons. The van der Waals surface area contributed by atoms with E-state index in [0.29, 0.717) is 0 Å². The molecule has 2 aromatic rings. The summed E-state index contributed by atoms with van der Waals surface area (Å²) in [4.78, 5) is 17.8. The summed E-state index contributed by atoms with van der Waals surface area (Å²) in [5, 5.41) is 1.19. The Kier molecular flexibility index (Phi) is 3.56. The van der Waals surface area contributed by atoms with Gasteiger partial charge in [-0.2, -0.15) is 0 Å². The Hall–Kier alpha value is -1.74. The fourth-order valence-electron chi connectivity index (χ4n) is 2.67. The Morgan fingerprint density at radius 1 is 1.16 bits per heavy atom. The fourth-order valence-corrected chi connectivity index (χ4v) is 2.67. The zero-order valence-corrected chi connectivity index (χ0v) is 11.0. The molecule has 0 amide bonds. The largest absolute Gasteiger partial charge is 0.303 e. The molecule has 0 spiro atoms. The van der Waals surface area contributed by atoms with Gasteiger partial charge in [0.05, 0.1) is 11.2 Å². The van der Waals surface area contributed by atoms with Gasteiger partial charge in [0.15, 0.2) is 0 Å². The molecule has 0 N–H and O–H groups in total. The molecule has 1 saturated heterocycles. The molecular formula is C16H18N2O. The third-order valence-corrected chi connectivity index (χ3v) is 3.87. The molecule has 0 aliphatic carbocycles. The lowest BCUT2D eigenvalue weighted by atomic mass is 9.98. The van der Waals surface area contributed by atoms with Crippen molar-refractivity contribution in [3.05, 3.63) is 42.1 Å². The van der Waals surface area contributed by atoms with Gasteiger partial charge >= 0.3 is 0 Å². The molecule has 0 radical (unpaired) electrons. The van der Waals surface area contributed by atoms with E-state index in [2.05, 4.69) is 29.2 Å². The number of benzene rings is 1. The predicted octanol–water partition coefficient (Wildman–Crippen LogP) is 2.65. The van der Waals surface area contributed by atoms with E-state index in [9.17, 15) is 4.79 Å². The molecule has 1 aliphatic heterocycles. The number of hydrogen-bond acceptors (Lipinski definition) is 3. The van der Waals surface area contributed by atoms with Crippen LogP contribution in [-0.2, 0) is 11.3 Å². The van der Waals surface area contributed by atoms with Gasteiger partial charge in [-0.1, -0.05) is 24.3 Å². The number of hydrogen-bond donors (Lipinski definition) is 0.